The van der Waals surface area contributed by atoms with E-state index < -0.39 is 20.8 Å². The predicted octanol–water partition coefficient (Wildman–Crippen LogP) is 1.08. The van der Waals surface area contributed by atoms with Gasteiger partial charge in [0.25, 0.3) is 0 Å². The summed E-state index contributed by atoms with van der Waals surface area (Å²) in [5, 5.41) is 0. The minimum absolute atomic E-state index is 0.140. The molecule has 0 aromatic heterocycles. The van der Waals surface area contributed by atoms with Gasteiger partial charge in [-0.15, -0.1) is 0 Å². The average molecular weight is 316 g/mol. The number of anilines is 1. The van der Waals surface area contributed by atoms with Crippen molar-refractivity contribution in [1.29, 1.82) is 0 Å². The second-order valence-electron chi connectivity index (χ2n) is 5.20. The molecule has 1 aliphatic heterocycles. The van der Waals surface area contributed by atoms with Gasteiger partial charge >= 0.3 is 0 Å². The minimum Gasteiger partial charge on any atom is -0.399 e. The Morgan fingerprint density at radius 1 is 1.25 bits per heavy atom. The maximum Gasteiger partial charge on any atom is 0.241 e. The van der Waals surface area contributed by atoms with Crippen molar-refractivity contribution in [3.8, 4) is 0 Å². The van der Waals surface area contributed by atoms with Gasteiger partial charge in [-0.1, -0.05) is 0 Å². The lowest BCUT2D eigenvalue weighted by Gasteiger charge is -2.23. The van der Waals surface area contributed by atoms with E-state index in [4.69, 9.17) is 5.73 Å². The Morgan fingerprint density at radius 3 is 2.45 bits per heavy atom. The van der Waals surface area contributed by atoms with Crippen LogP contribution in [0.25, 0.3) is 0 Å². The molecule has 1 heterocycles. The molecule has 112 valence electrons. The highest BCUT2D eigenvalue weighted by Crippen LogP contribution is 2.23. The lowest BCUT2D eigenvalue weighted by Crippen LogP contribution is -2.39. The second-order valence-corrected chi connectivity index (χ2v) is 8.58. The van der Waals surface area contributed by atoms with Gasteiger partial charge in [-0.05, 0) is 49.9 Å². The molecule has 20 heavy (non-hydrogen) atoms. The average Bonchev–Trinajstić information content (AvgIpc) is 2.36. The molecule has 3 N–H and O–H groups in total. The van der Waals surface area contributed by atoms with Crippen molar-refractivity contribution in [2.45, 2.75) is 37.6 Å². The summed E-state index contributed by atoms with van der Waals surface area (Å²) < 4.78 is 38.9. The lowest BCUT2D eigenvalue weighted by molar-refractivity contribution is 0.521. The first-order valence-corrected chi connectivity index (χ1v) is 9.51. The van der Waals surface area contributed by atoms with Crippen LogP contribution in [0.4, 0.5) is 5.69 Å². The van der Waals surface area contributed by atoms with E-state index in [0.717, 1.165) is 5.56 Å². The van der Waals surface area contributed by atoms with E-state index in [1.807, 2.05) is 6.92 Å². The molecule has 0 saturated carbocycles. The van der Waals surface area contributed by atoms with Gasteiger partial charge in [-0.2, -0.15) is 0 Å². The van der Waals surface area contributed by atoms with E-state index in [1.165, 1.54) is 6.07 Å². The first-order chi connectivity index (χ1) is 9.29. The van der Waals surface area contributed by atoms with Gasteiger partial charge in [0, 0.05) is 34.0 Å². The number of aryl methyl sites for hydroxylation is 1. The van der Waals surface area contributed by atoms with E-state index in [1.54, 1.807) is 13.0 Å². The first-order valence-electron chi connectivity index (χ1n) is 6.53. The Labute approximate surface area is 122 Å². The van der Waals surface area contributed by atoms with Crippen LogP contribution in [0.5, 0.6) is 0 Å². The quantitative estimate of drug-likeness (QED) is 0.817. The second kappa shape index (κ2) is 5.83. The molecule has 0 bridgehead atoms. The third-order valence-electron chi connectivity index (χ3n) is 3.64. The van der Waals surface area contributed by atoms with Crippen molar-refractivity contribution in [3.63, 3.8) is 0 Å². The Balaban J connectivity index is 2.25. The fourth-order valence-electron chi connectivity index (χ4n) is 2.33. The van der Waals surface area contributed by atoms with Crippen LogP contribution >= 0.6 is 0 Å². The molecule has 2 rings (SSSR count). The maximum absolute atomic E-state index is 12.5. The highest BCUT2D eigenvalue weighted by Gasteiger charge is 2.25. The van der Waals surface area contributed by atoms with E-state index in [2.05, 4.69) is 4.72 Å². The monoisotopic (exact) mass is 316 g/mol. The Bertz CT molecular complexity index is 631. The molecule has 1 saturated heterocycles. The smallest absolute Gasteiger partial charge is 0.241 e. The topological polar surface area (TPSA) is 89.3 Å². The molecular weight excluding hydrogens is 296 g/mol. The molecule has 0 unspecified atom stereocenters. The van der Waals surface area contributed by atoms with Crippen LogP contribution in [0.3, 0.4) is 0 Å². The van der Waals surface area contributed by atoms with E-state index in [-0.39, 0.29) is 10.9 Å². The fourth-order valence-corrected chi connectivity index (χ4v) is 5.28. The zero-order valence-corrected chi connectivity index (χ0v) is 13.3. The Morgan fingerprint density at radius 2 is 1.85 bits per heavy atom. The Kier molecular flexibility index (Phi) is 4.51. The van der Waals surface area contributed by atoms with Gasteiger partial charge in [0.1, 0.15) is 0 Å². The highest BCUT2D eigenvalue weighted by molar-refractivity contribution is 7.89. The maximum atomic E-state index is 12.5. The zero-order chi connectivity index (χ0) is 14.9. The summed E-state index contributed by atoms with van der Waals surface area (Å²) in [6.07, 6.45) is 1.23. The van der Waals surface area contributed by atoms with Crippen molar-refractivity contribution < 1.29 is 12.6 Å². The van der Waals surface area contributed by atoms with Crippen molar-refractivity contribution in [2.75, 3.05) is 17.2 Å². The lowest BCUT2D eigenvalue weighted by atomic mass is 10.1. The molecule has 0 aliphatic carbocycles. The number of hydrogen-bond acceptors (Lipinski definition) is 4. The van der Waals surface area contributed by atoms with Crippen LogP contribution in [0, 0.1) is 13.8 Å². The molecule has 1 aromatic carbocycles. The van der Waals surface area contributed by atoms with E-state index in [0.29, 0.717) is 35.6 Å². The molecule has 0 atom stereocenters. The van der Waals surface area contributed by atoms with Crippen molar-refractivity contribution in [2.24, 2.45) is 0 Å². The SMILES string of the molecule is Cc1cc(N)cc(S(=O)(=O)NC2CCS(=O)CC2)c1C. The van der Waals surface area contributed by atoms with Crippen LogP contribution in [0.15, 0.2) is 17.0 Å². The number of nitrogen functional groups attached to an aromatic ring is 1. The van der Waals surface area contributed by atoms with Crippen LogP contribution in [0.1, 0.15) is 24.0 Å². The van der Waals surface area contributed by atoms with Gasteiger partial charge in [0.15, 0.2) is 0 Å². The number of sulfonamides is 1. The molecule has 7 heteroatoms. The molecule has 0 radical (unpaired) electrons. The van der Waals surface area contributed by atoms with Gasteiger partial charge in [-0.3, -0.25) is 4.21 Å². The summed E-state index contributed by atoms with van der Waals surface area (Å²) >= 11 is 0. The molecule has 1 aromatic rings. The molecule has 1 aliphatic rings. The number of nitrogens with one attached hydrogen (secondary N) is 1. The minimum atomic E-state index is -3.58. The molecule has 5 nitrogen and oxygen atoms in total. The molecule has 1 fully saturated rings. The van der Waals surface area contributed by atoms with Gasteiger partial charge in [0.05, 0.1) is 4.90 Å². The zero-order valence-electron chi connectivity index (χ0n) is 11.7. The summed E-state index contributed by atoms with van der Waals surface area (Å²) in [4.78, 5) is 0.238. The fraction of sp³-hybridized carbons (Fsp3) is 0.538. The number of nitrogens with two attached hydrogens (primary N) is 1. The normalized spacial score (nSPS) is 23.7. The van der Waals surface area contributed by atoms with Crippen molar-refractivity contribution in [1.82, 2.24) is 4.72 Å². The standard InChI is InChI=1S/C13H20N2O3S2/c1-9-7-11(14)8-13(10(9)2)20(17,18)15-12-3-5-19(16)6-4-12/h7-8,12,15H,3-6,14H2,1-2H3. The number of benzene rings is 1. The summed E-state index contributed by atoms with van der Waals surface area (Å²) in [7, 11) is -4.38. The van der Waals surface area contributed by atoms with E-state index >= 15 is 0 Å². The van der Waals surface area contributed by atoms with Gasteiger partial charge < -0.3 is 5.73 Å². The Hall–Kier alpha value is -0.920. The van der Waals surface area contributed by atoms with Crippen LogP contribution < -0.4 is 10.5 Å². The highest BCUT2D eigenvalue weighted by atomic mass is 32.2. The first kappa shape index (κ1) is 15.5. The predicted molar refractivity (Wildman–Crippen MR) is 81.5 cm³/mol. The molecule has 0 spiro atoms. The molecule has 0 amide bonds. The van der Waals surface area contributed by atoms with Crippen molar-refractivity contribution in [3.05, 3.63) is 23.3 Å². The summed E-state index contributed by atoms with van der Waals surface area (Å²) in [6.45, 7) is 3.62. The molecular formula is C13H20N2O3S2. The van der Waals surface area contributed by atoms with Crippen molar-refractivity contribution >= 4 is 26.5 Å². The van der Waals surface area contributed by atoms with Gasteiger partial charge in [0.2, 0.25) is 10.0 Å². The summed E-state index contributed by atoms with van der Waals surface area (Å²) in [5.41, 5.74) is 7.76. The third kappa shape index (κ3) is 3.39. The van der Waals surface area contributed by atoms with Crippen LogP contribution in [-0.4, -0.2) is 30.2 Å². The third-order valence-corrected chi connectivity index (χ3v) is 6.67. The largest absolute Gasteiger partial charge is 0.399 e. The van der Waals surface area contributed by atoms with Gasteiger partial charge in [-0.25, -0.2) is 13.1 Å². The van der Waals surface area contributed by atoms with Crippen LogP contribution in [-0.2, 0) is 20.8 Å². The summed E-state index contributed by atoms with van der Waals surface area (Å²) in [6, 6.07) is 3.11. The number of rotatable bonds is 3. The number of hydrogen-bond donors (Lipinski definition) is 2. The summed E-state index contributed by atoms with van der Waals surface area (Å²) in [5.74, 6) is 1.12. The van der Waals surface area contributed by atoms with Crippen LogP contribution in [0.2, 0.25) is 0 Å². The van der Waals surface area contributed by atoms with E-state index in [9.17, 15) is 12.6 Å².